The van der Waals surface area contributed by atoms with E-state index in [1.165, 1.54) is 18.2 Å². The molecular formula is C29H35N5O2. The number of methoxy groups -OCH3 is 1. The fraction of sp³-hybridized carbons (Fsp3) is 0.379. The van der Waals surface area contributed by atoms with Crippen molar-refractivity contribution in [3.63, 3.8) is 0 Å². The number of fused-ring (bicyclic) bond motifs is 1. The summed E-state index contributed by atoms with van der Waals surface area (Å²) in [7, 11) is 1.49. The number of benzene rings is 3. The number of hydrogen-bond donors (Lipinski definition) is 1. The third-order valence-electron chi connectivity index (χ3n) is 7.69. The molecule has 2 fully saturated rings. The molecule has 188 valence electrons. The van der Waals surface area contributed by atoms with Crippen molar-refractivity contribution in [3.05, 3.63) is 77.9 Å². The predicted octanol–water partition coefficient (Wildman–Crippen LogP) is 3.63. The van der Waals surface area contributed by atoms with E-state index in [0.29, 0.717) is 6.04 Å². The molecule has 7 nitrogen and oxygen atoms in total. The van der Waals surface area contributed by atoms with Gasteiger partial charge in [0, 0.05) is 51.0 Å². The van der Waals surface area contributed by atoms with Gasteiger partial charge in [-0.3, -0.25) is 9.80 Å². The van der Waals surface area contributed by atoms with Gasteiger partial charge in [-0.1, -0.05) is 48.5 Å². The van der Waals surface area contributed by atoms with Gasteiger partial charge in [-0.2, -0.15) is 5.10 Å². The molecule has 0 aliphatic carbocycles. The van der Waals surface area contributed by atoms with Crippen LogP contribution in [0.15, 0.2) is 71.8 Å². The largest absolute Gasteiger partial charge is 0.468 e. The van der Waals surface area contributed by atoms with Crippen molar-refractivity contribution >= 4 is 28.6 Å². The maximum Gasteiger partial charge on any atom is 0.327 e. The van der Waals surface area contributed by atoms with Gasteiger partial charge in [0.15, 0.2) is 0 Å². The van der Waals surface area contributed by atoms with Crippen LogP contribution in [0.3, 0.4) is 0 Å². The average Bonchev–Trinajstić information content (AvgIpc) is 2.94. The Bertz CT molecular complexity index is 1200. The van der Waals surface area contributed by atoms with E-state index in [9.17, 15) is 4.79 Å². The summed E-state index contributed by atoms with van der Waals surface area (Å²) in [6, 6.07) is 23.2. The van der Waals surface area contributed by atoms with Crippen LogP contribution in [0, 0.1) is 0 Å². The molecule has 5 rings (SSSR count). The maximum atomic E-state index is 12.9. The number of nitrogens with two attached hydrogens (primary N) is 1. The van der Waals surface area contributed by atoms with Crippen LogP contribution in [-0.4, -0.2) is 74.4 Å². The van der Waals surface area contributed by atoms with Gasteiger partial charge in [0.2, 0.25) is 0 Å². The number of esters is 1. The fourth-order valence-electron chi connectivity index (χ4n) is 5.70. The number of likely N-dealkylation sites (tertiary alicyclic amines) is 1. The first-order valence-electron chi connectivity index (χ1n) is 12.8. The van der Waals surface area contributed by atoms with Gasteiger partial charge < -0.3 is 15.5 Å². The molecule has 2 saturated heterocycles. The predicted molar refractivity (Wildman–Crippen MR) is 145 cm³/mol. The lowest BCUT2D eigenvalue weighted by Crippen LogP contribution is -2.54. The Morgan fingerprint density at radius 2 is 1.64 bits per heavy atom. The summed E-state index contributed by atoms with van der Waals surface area (Å²) >= 11 is 0. The lowest BCUT2D eigenvalue weighted by Gasteiger charge is -2.44. The van der Waals surface area contributed by atoms with Gasteiger partial charge in [-0.15, -0.1) is 0 Å². The van der Waals surface area contributed by atoms with Gasteiger partial charge >= 0.3 is 5.97 Å². The Kier molecular flexibility index (Phi) is 7.49. The van der Waals surface area contributed by atoms with Crippen molar-refractivity contribution in [2.45, 2.75) is 24.9 Å². The van der Waals surface area contributed by atoms with Gasteiger partial charge in [0.1, 0.15) is 6.04 Å². The van der Waals surface area contributed by atoms with Crippen LogP contribution in [0.1, 0.15) is 30.0 Å². The maximum absolute atomic E-state index is 12.9. The van der Waals surface area contributed by atoms with E-state index in [2.05, 4.69) is 74.4 Å². The molecule has 0 radical (unpaired) electrons. The van der Waals surface area contributed by atoms with E-state index < -0.39 is 0 Å². The number of rotatable bonds is 6. The lowest BCUT2D eigenvalue weighted by molar-refractivity contribution is -0.148. The number of piperidine rings is 1. The van der Waals surface area contributed by atoms with Crippen LogP contribution in [0.4, 0.5) is 5.69 Å². The van der Waals surface area contributed by atoms with Crippen molar-refractivity contribution in [1.82, 2.24) is 9.80 Å². The molecule has 7 heteroatoms. The summed E-state index contributed by atoms with van der Waals surface area (Å²) in [6.07, 6.45) is 3.79. The number of piperazine rings is 1. The second-order valence-electron chi connectivity index (χ2n) is 9.69. The first-order valence-corrected chi connectivity index (χ1v) is 12.8. The molecule has 0 aromatic heterocycles. The van der Waals surface area contributed by atoms with Crippen molar-refractivity contribution < 1.29 is 9.53 Å². The summed E-state index contributed by atoms with van der Waals surface area (Å²) < 4.78 is 5.24. The lowest BCUT2D eigenvalue weighted by atomic mass is 9.96. The average molecular weight is 486 g/mol. The van der Waals surface area contributed by atoms with E-state index in [1.54, 1.807) is 6.21 Å². The van der Waals surface area contributed by atoms with Gasteiger partial charge in [-0.25, -0.2) is 4.79 Å². The summed E-state index contributed by atoms with van der Waals surface area (Å²) in [5, 5.41) is 5.93. The number of carbonyl (C=O) groups is 1. The molecule has 36 heavy (non-hydrogen) atoms. The van der Waals surface area contributed by atoms with Gasteiger partial charge in [0.05, 0.1) is 13.3 Å². The minimum absolute atomic E-state index is 0.180. The van der Waals surface area contributed by atoms with Crippen molar-refractivity contribution in [1.29, 1.82) is 0 Å². The van der Waals surface area contributed by atoms with Crippen LogP contribution in [0.25, 0.3) is 10.8 Å². The van der Waals surface area contributed by atoms with Gasteiger partial charge in [-0.05, 0) is 52.9 Å². The zero-order valence-corrected chi connectivity index (χ0v) is 20.9. The first kappa shape index (κ1) is 24.3. The Balaban J connectivity index is 1.19. The highest BCUT2D eigenvalue weighted by Gasteiger charge is 2.34. The molecule has 2 aliphatic heterocycles. The second kappa shape index (κ2) is 11.1. The number of hydrogen-bond acceptors (Lipinski definition) is 7. The number of hydrazone groups is 1. The van der Waals surface area contributed by atoms with E-state index in [0.717, 1.165) is 68.6 Å². The topological polar surface area (TPSA) is 74.4 Å². The zero-order chi connectivity index (χ0) is 24.9. The summed E-state index contributed by atoms with van der Waals surface area (Å²) in [6.45, 7) is 5.94. The highest BCUT2D eigenvalue weighted by Crippen LogP contribution is 2.30. The van der Waals surface area contributed by atoms with E-state index in [4.69, 9.17) is 10.6 Å². The molecule has 1 atom stereocenters. The first-order chi connectivity index (χ1) is 17.7. The van der Waals surface area contributed by atoms with Crippen LogP contribution in [0.5, 0.6) is 0 Å². The fourth-order valence-corrected chi connectivity index (χ4v) is 5.70. The quantitative estimate of drug-likeness (QED) is 0.249. The van der Waals surface area contributed by atoms with Crippen molar-refractivity contribution in [2.24, 2.45) is 10.9 Å². The molecular weight excluding hydrogens is 450 g/mol. The second-order valence-corrected chi connectivity index (χ2v) is 9.69. The Labute approximate surface area is 213 Å². The van der Waals surface area contributed by atoms with Crippen LogP contribution < -0.4 is 10.7 Å². The summed E-state index contributed by atoms with van der Waals surface area (Å²) in [4.78, 5) is 20.2. The highest BCUT2D eigenvalue weighted by molar-refractivity contribution is 5.85. The molecule has 1 unspecified atom stereocenters. The summed E-state index contributed by atoms with van der Waals surface area (Å²) in [5.41, 5.74) is 3.27. The third kappa shape index (κ3) is 5.22. The highest BCUT2D eigenvalue weighted by atomic mass is 16.5. The molecule has 0 spiro atoms. The molecule has 2 aliphatic rings. The molecule has 0 bridgehead atoms. The molecule has 2 N–H and O–H groups in total. The number of nitrogens with zero attached hydrogens (tertiary/aromatic N) is 4. The SMILES string of the molecule is COC(=O)C(c1ccc2ccccc2c1)N1CCC(N2CCN(c3ccc(C=NN)cc3)CC2)CC1. The Morgan fingerprint density at radius 3 is 2.31 bits per heavy atom. The van der Waals surface area contributed by atoms with Gasteiger partial charge in [0.25, 0.3) is 0 Å². The molecule has 0 saturated carbocycles. The normalized spacial score (nSPS) is 19.1. The van der Waals surface area contributed by atoms with Crippen molar-refractivity contribution in [3.8, 4) is 0 Å². The molecule has 3 aromatic carbocycles. The monoisotopic (exact) mass is 485 g/mol. The van der Waals surface area contributed by atoms with Crippen molar-refractivity contribution in [2.75, 3.05) is 51.3 Å². The Morgan fingerprint density at radius 1 is 0.944 bits per heavy atom. The minimum Gasteiger partial charge on any atom is -0.468 e. The van der Waals surface area contributed by atoms with E-state index >= 15 is 0 Å². The standard InChI is InChI=1S/C29H35N5O2/c1-36-29(35)28(25-9-8-23-4-2-3-5-24(23)20-25)34-14-12-27(13-15-34)33-18-16-32(17-19-33)26-10-6-22(7-11-26)21-31-30/h2-11,20-21,27-28H,12-19,30H2,1H3. The van der Waals surface area contributed by atoms with Crippen LogP contribution in [-0.2, 0) is 9.53 Å². The summed E-state index contributed by atoms with van der Waals surface area (Å²) in [5.74, 6) is 5.07. The number of ether oxygens (including phenoxy) is 1. The number of carbonyl (C=O) groups excluding carboxylic acids is 1. The van der Waals surface area contributed by atoms with Crippen LogP contribution in [0.2, 0.25) is 0 Å². The minimum atomic E-state index is -0.357. The smallest absolute Gasteiger partial charge is 0.327 e. The number of anilines is 1. The molecule has 0 amide bonds. The Hall–Kier alpha value is -3.42. The third-order valence-corrected chi connectivity index (χ3v) is 7.69. The molecule has 3 aromatic rings. The van der Waals surface area contributed by atoms with E-state index in [-0.39, 0.29) is 12.0 Å². The van der Waals surface area contributed by atoms with E-state index in [1.807, 2.05) is 12.1 Å². The van der Waals surface area contributed by atoms with Crippen LogP contribution >= 0.6 is 0 Å². The molecule has 2 heterocycles. The zero-order valence-electron chi connectivity index (χ0n) is 20.9.